The second-order valence-electron chi connectivity index (χ2n) is 6.24. The summed E-state index contributed by atoms with van der Waals surface area (Å²) in [6.07, 6.45) is 5.88. The molecule has 23 heavy (non-hydrogen) atoms. The molecule has 0 saturated heterocycles. The van der Waals surface area contributed by atoms with Gasteiger partial charge in [-0.05, 0) is 25.0 Å². The van der Waals surface area contributed by atoms with Crippen molar-refractivity contribution in [1.82, 2.24) is 19.7 Å². The van der Waals surface area contributed by atoms with Gasteiger partial charge in [0.25, 0.3) is 0 Å². The van der Waals surface area contributed by atoms with Gasteiger partial charge in [0.2, 0.25) is 0 Å². The highest BCUT2D eigenvalue weighted by atomic mass is 32.2. The van der Waals surface area contributed by atoms with Crippen molar-refractivity contribution in [2.45, 2.75) is 36.6 Å². The second kappa shape index (κ2) is 5.30. The summed E-state index contributed by atoms with van der Waals surface area (Å²) in [6, 6.07) is 3.39. The topological polar surface area (TPSA) is 81.0 Å². The van der Waals surface area contributed by atoms with E-state index < -0.39 is 9.84 Å². The van der Waals surface area contributed by atoms with Crippen LogP contribution in [-0.4, -0.2) is 47.5 Å². The highest BCUT2D eigenvalue weighted by Crippen LogP contribution is 2.38. The number of rotatable bonds is 3. The van der Waals surface area contributed by atoms with E-state index in [4.69, 9.17) is 0 Å². The molecule has 2 aliphatic rings. The molecular weight excluding hydrogens is 314 g/mol. The minimum Gasteiger partial charge on any atom is -0.354 e. The zero-order valence-corrected chi connectivity index (χ0v) is 13.8. The maximum atomic E-state index is 11.5. The van der Waals surface area contributed by atoms with Gasteiger partial charge in [-0.15, -0.1) is 0 Å². The average Bonchev–Trinajstić information content (AvgIpc) is 3.31. The molecule has 3 heterocycles. The van der Waals surface area contributed by atoms with Gasteiger partial charge in [0.05, 0.1) is 11.4 Å². The van der Waals surface area contributed by atoms with Crippen LogP contribution in [0.5, 0.6) is 0 Å². The summed E-state index contributed by atoms with van der Waals surface area (Å²) in [4.78, 5) is 11.4. The lowest BCUT2D eigenvalue weighted by atomic mass is 10.3. The van der Waals surface area contributed by atoms with E-state index in [0.29, 0.717) is 5.92 Å². The summed E-state index contributed by atoms with van der Waals surface area (Å²) in [5.74, 6) is 3.42. The van der Waals surface area contributed by atoms with Gasteiger partial charge in [0.1, 0.15) is 11.6 Å². The molecule has 0 aromatic carbocycles. The molecule has 1 aliphatic heterocycles. The zero-order chi connectivity index (χ0) is 16.0. The van der Waals surface area contributed by atoms with Crippen LogP contribution in [-0.2, 0) is 22.8 Å². The fourth-order valence-electron chi connectivity index (χ4n) is 2.84. The Hall–Kier alpha value is -1.96. The fourth-order valence-corrected chi connectivity index (χ4v) is 3.40. The quantitative estimate of drug-likeness (QED) is 0.834. The molecule has 1 aliphatic carbocycles. The molecule has 2 aromatic rings. The van der Waals surface area contributed by atoms with Crippen molar-refractivity contribution < 1.29 is 8.42 Å². The molecule has 8 heteroatoms. The smallest absolute Gasteiger partial charge is 0.177 e. The molecule has 4 rings (SSSR count). The Bertz CT molecular complexity index is 799. The fraction of sp³-hybridized carbons (Fsp3) is 0.533. The third-order valence-corrected chi connectivity index (χ3v) is 5.46. The SMILES string of the molecule is CS(=O)(=O)c1ccc(N2CCc3nc(C4CC4)nn3CC2)nc1. The Labute approximate surface area is 135 Å². The van der Waals surface area contributed by atoms with E-state index in [9.17, 15) is 8.42 Å². The summed E-state index contributed by atoms with van der Waals surface area (Å²) < 4.78 is 25.0. The Morgan fingerprint density at radius 3 is 2.65 bits per heavy atom. The summed E-state index contributed by atoms with van der Waals surface area (Å²) in [5, 5.41) is 4.63. The molecule has 0 bridgehead atoms. The molecule has 0 N–H and O–H groups in total. The molecule has 0 amide bonds. The van der Waals surface area contributed by atoms with Crippen LogP contribution in [0.2, 0.25) is 0 Å². The van der Waals surface area contributed by atoms with Gasteiger partial charge in [-0.25, -0.2) is 23.1 Å². The first kappa shape index (κ1) is 14.6. The van der Waals surface area contributed by atoms with Crippen molar-refractivity contribution in [2.75, 3.05) is 24.2 Å². The molecule has 1 fully saturated rings. The average molecular weight is 333 g/mol. The molecule has 2 aromatic heterocycles. The van der Waals surface area contributed by atoms with Gasteiger partial charge in [-0.1, -0.05) is 0 Å². The Morgan fingerprint density at radius 2 is 2.00 bits per heavy atom. The Morgan fingerprint density at radius 1 is 1.17 bits per heavy atom. The third kappa shape index (κ3) is 2.95. The van der Waals surface area contributed by atoms with E-state index >= 15 is 0 Å². The first-order valence-electron chi connectivity index (χ1n) is 7.85. The number of anilines is 1. The van der Waals surface area contributed by atoms with Gasteiger partial charge < -0.3 is 4.90 Å². The van der Waals surface area contributed by atoms with E-state index in [2.05, 4.69) is 20.0 Å². The van der Waals surface area contributed by atoms with Gasteiger partial charge in [-0.2, -0.15) is 5.10 Å². The summed E-state index contributed by atoms with van der Waals surface area (Å²) in [6.45, 7) is 2.39. The van der Waals surface area contributed by atoms with Crippen molar-refractivity contribution in [3.63, 3.8) is 0 Å². The monoisotopic (exact) mass is 333 g/mol. The van der Waals surface area contributed by atoms with E-state index in [1.807, 2.05) is 4.68 Å². The van der Waals surface area contributed by atoms with Crippen LogP contribution in [0.25, 0.3) is 0 Å². The minimum absolute atomic E-state index is 0.250. The van der Waals surface area contributed by atoms with Crippen molar-refractivity contribution in [2.24, 2.45) is 0 Å². The molecule has 0 spiro atoms. The third-order valence-electron chi connectivity index (χ3n) is 4.37. The van der Waals surface area contributed by atoms with Crippen LogP contribution < -0.4 is 4.90 Å². The van der Waals surface area contributed by atoms with Crippen LogP contribution in [0.3, 0.4) is 0 Å². The number of nitrogens with zero attached hydrogens (tertiary/aromatic N) is 5. The van der Waals surface area contributed by atoms with Crippen molar-refractivity contribution >= 4 is 15.7 Å². The molecule has 7 nitrogen and oxygen atoms in total. The number of hydrogen-bond acceptors (Lipinski definition) is 6. The number of sulfone groups is 1. The summed E-state index contributed by atoms with van der Waals surface area (Å²) >= 11 is 0. The lowest BCUT2D eigenvalue weighted by molar-refractivity contribution is 0.599. The zero-order valence-electron chi connectivity index (χ0n) is 13.0. The van der Waals surface area contributed by atoms with Crippen molar-refractivity contribution in [3.05, 3.63) is 30.0 Å². The number of pyridine rings is 1. The largest absolute Gasteiger partial charge is 0.354 e. The maximum Gasteiger partial charge on any atom is 0.177 e. The van der Waals surface area contributed by atoms with E-state index in [1.54, 1.807) is 12.1 Å². The first-order valence-corrected chi connectivity index (χ1v) is 9.74. The molecule has 0 atom stereocenters. The molecule has 122 valence electrons. The predicted octanol–water partition coefficient (Wildman–Crippen LogP) is 1.02. The number of aromatic nitrogens is 4. The summed E-state index contributed by atoms with van der Waals surface area (Å²) in [5.41, 5.74) is 0. The van der Waals surface area contributed by atoms with E-state index in [0.717, 1.165) is 43.5 Å². The highest BCUT2D eigenvalue weighted by Gasteiger charge is 2.29. The number of hydrogen-bond donors (Lipinski definition) is 0. The number of fused-ring (bicyclic) bond motifs is 1. The molecule has 0 radical (unpaired) electrons. The maximum absolute atomic E-state index is 11.5. The van der Waals surface area contributed by atoms with Crippen LogP contribution in [0.15, 0.2) is 23.2 Å². The van der Waals surface area contributed by atoms with Crippen LogP contribution in [0.1, 0.15) is 30.4 Å². The molecule has 0 unspecified atom stereocenters. The van der Waals surface area contributed by atoms with Crippen LogP contribution >= 0.6 is 0 Å². The van der Waals surface area contributed by atoms with Gasteiger partial charge in [-0.3, -0.25) is 0 Å². The highest BCUT2D eigenvalue weighted by molar-refractivity contribution is 7.90. The van der Waals surface area contributed by atoms with E-state index in [1.165, 1.54) is 25.3 Å². The lowest BCUT2D eigenvalue weighted by Crippen LogP contribution is -2.27. The minimum atomic E-state index is -3.20. The Kier molecular flexibility index (Phi) is 3.37. The normalized spacial score (nSPS) is 18.6. The van der Waals surface area contributed by atoms with Gasteiger partial charge >= 0.3 is 0 Å². The molecule has 1 saturated carbocycles. The second-order valence-corrected chi connectivity index (χ2v) is 8.26. The van der Waals surface area contributed by atoms with E-state index in [-0.39, 0.29) is 4.90 Å². The van der Waals surface area contributed by atoms with Crippen LogP contribution in [0.4, 0.5) is 5.82 Å². The van der Waals surface area contributed by atoms with Gasteiger partial charge in [0, 0.05) is 37.9 Å². The molecular formula is C15H19N5O2S. The summed E-state index contributed by atoms with van der Waals surface area (Å²) in [7, 11) is -3.20. The van der Waals surface area contributed by atoms with Gasteiger partial charge in [0.15, 0.2) is 15.7 Å². The van der Waals surface area contributed by atoms with Crippen LogP contribution in [0, 0.1) is 0 Å². The van der Waals surface area contributed by atoms with Crippen molar-refractivity contribution in [1.29, 1.82) is 0 Å². The van der Waals surface area contributed by atoms with Crippen molar-refractivity contribution in [3.8, 4) is 0 Å². The standard InChI is InChI=1S/C15H19N5O2S/c1-23(21,22)12-4-5-13(16-10-12)19-7-6-14-17-15(11-2-3-11)18-20(14)9-8-19/h4-5,10-11H,2-3,6-9H2,1H3. The predicted molar refractivity (Wildman–Crippen MR) is 85.3 cm³/mol. The first-order chi connectivity index (χ1) is 11.0. The lowest BCUT2D eigenvalue weighted by Gasteiger charge is -2.20. The Balaban J connectivity index is 1.50.